The molecule has 2 amide bonds. The largest absolute Gasteiger partial charge is 0.311 e. The molecule has 0 radical (unpaired) electrons. The number of nitrogens with one attached hydrogen (secondary N) is 1. The van der Waals surface area contributed by atoms with Crippen LogP contribution in [0.3, 0.4) is 0 Å². The molecule has 0 atom stereocenters. The molecule has 26 heavy (non-hydrogen) atoms. The summed E-state index contributed by atoms with van der Waals surface area (Å²) in [5.74, 6) is -0.454. The van der Waals surface area contributed by atoms with Gasteiger partial charge in [0.2, 0.25) is 0 Å². The Hall–Kier alpha value is -2.86. The molecule has 0 unspecified atom stereocenters. The summed E-state index contributed by atoms with van der Waals surface area (Å²) in [7, 11) is 1.72. The number of likely N-dealkylation sites (N-methyl/N-ethyl adjacent to an activating group) is 1. The molecule has 4 rings (SSSR count). The fourth-order valence-electron chi connectivity index (χ4n) is 3.05. The first-order valence-electron chi connectivity index (χ1n) is 8.37. The highest BCUT2D eigenvalue weighted by Gasteiger charge is 2.37. The van der Waals surface area contributed by atoms with Crippen molar-refractivity contribution in [3.8, 4) is 0 Å². The first kappa shape index (κ1) is 16.6. The van der Waals surface area contributed by atoms with E-state index in [-0.39, 0.29) is 11.8 Å². The van der Waals surface area contributed by atoms with Crippen LogP contribution in [-0.2, 0) is 16.0 Å². The quantitative estimate of drug-likeness (QED) is 0.831. The highest BCUT2D eigenvalue weighted by molar-refractivity contribution is 8.18. The van der Waals surface area contributed by atoms with E-state index in [0.29, 0.717) is 15.6 Å². The third-order valence-electron chi connectivity index (χ3n) is 4.48. The second-order valence-electron chi connectivity index (χ2n) is 6.08. The zero-order valence-corrected chi connectivity index (χ0v) is 15.3. The van der Waals surface area contributed by atoms with Crippen LogP contribution in [-0.4, -0.2) is 24.0 Å². The van der Waals surface area contributed by atoms with E-state index in [0.717, 1.165) is 23.4 Å². The van der Waals surface area contributed by atoms with Crippen LogP contribution in [0.15, 0.2) is 58.4 Å². The number of anilines is 1. The number of carbonyl (C=O) groups is 2. The van der Waals surface area contributed by atoms with Crippen LogP contribution in [0.4, 0.5) is 11.4 Å². The number of nitrogens with zero attached hydrogens (tertiary/aromatic N) is 2. The van der Waals surface area contributed by atoms with Gasteiger partial charge >= 0.3 is 0 Å². The highest BCUT2D eigenvalue weighted by atomic mass is 32.2. The van der Waals surface area contributed by atoms with Gasteiger partial charge in [-0.25, -0.2) is 4.99 Å². The van der Waals surface area contributed by atoms with E-state index >= 15 is 0 Å². The van der Waals surface area contributed by atoms with Crippen molar-refractivity contribution < 1.29 is 9.59 Å². The minimum Gasteiger partial charge on any atom is -0.311 e. The molecular formula is C20H17N3O2S. The summed E-state index contributed by atoms with van der Waals surface area (Å²) >= 11 is 1.21. The summed E-state index contributed by atoms with van der Waals surface area (Å²) in [6.07, 6.45) is 0.966. The molecule has 1 N–H and O–H groups in total. The predicted octanol–water partition coefficient (Wildman–Crippen LogP) is 3.49. The molecule has 1 fully saturated rings. The molecule has 5 nitrogen and oxygen atoms in total. The van der Waals surface area contributed by atoms with Gasteiger partial charge in [-0.3, -0.25) is 9.59 Å². The molecule has 2 aromatic carbocycles. The van der Waals surface area contributed by atoms with Crippen LogP contribution in [0.5, 0.6) is 0 Å². The summed E-state index contributed by atoms with van der Waals surface area (Å²) in [5.41, 5.74) is 4.04. The lowest BCUT2D eigenvalue weighted by atomic mass is 10.1. The lowest BCUT2D eigenvalue weighted by Gasteiger charge is -2.08. The molecule has 0 saturated carbocycles. The van der Waals surface area contributed by atoms with E-state index in [1.54, 1.807) is 11.9 Å². The zero-order valence-electron chi connectivity index (χ0n) is 14.4. The molecule has 0 bridgehead atoms. The van der Waals surface area contributed by atoms with Crippen LogP contribution in [0.2, 0.25) is 0 Å². The number of rotatable bonds is 2. The standard InChI is InChI=1S/C20H17N3O2S/c1-3-12-8-10-13(11-9-12)21-20-22-18(24)17(26-20)16-14-6-4-5-7-15(14)23(2)19(16)25/h4-11H,3H2,1-2H3,(H,21,22,24). The third-order valence-corrected chi connectivity index (χ3v) is 5.46. The van der Waals surface area contributed by atoms with E-state index in [1.165, 1.54) is 17.3 Å². The Bertz CT molecular complexity index is 977. The molecule has 2 aromatic rings. The molecule has 6 heteroatoms. The lowest BCUT2D eigenvalue weighted by molar-refractivity contribution is -0.116. The van der Waals surface area contributed by atoms with Crippen LogP contribution in [0.1, 0.15) is 18.1 Å². The minimum absolute atomic E-state index is 0.169. The van der Waals surface area contributed by atoms with Crippen LogP contribution < -0.4 is 10.2 Å². The number of aryl methyl sites for hydroxylation is 1. The molecule has 2 aliphatic heterocycles. The fraction of sp³-hybridized carbons (Fsp3) is 0.150. The van der Waals surface area contributed by atoms with Gasteiger partial charge in [0.05, 0.1) is 21.9 Å². The Labute approximate surface area is 155 Å². The van der Waals surface area contributed by atoms with Gasteiger partial charge in [0.1, 0.15) is 0 Å². The average Bonchev–Trinajstić information content (AvgIpc) is 3.13. The van der Waals surface area contributed by atoms with Crippen LogP contribution in [0, 0.1) is 0 Å². The number of carbonyl (C=O) groups excluding carboxylic acids is 2. The van der Waals surface area contributed by atoms with Gasteiger partial charge in [0, 0.05) is 12.6 Å². The highest BCUT2D eigenvalue weighted by Crippen LogP contribution is 2.42. The number of hydrogen-bond donors (Lipinski definition) is 1. The van der Waals surface area contributed by atoms with Crippen molar-refractivity contribution in [1.82, 2.24) is 5.32 Å². The van der Waals surface area contributed by atoms with Gasteiger partial charge in [-0.1, -0.05) is 37.3 Å². The maximum atomic E-state index is 12.7. The Balaban J connectivity index is 1.71. The van der Waals surface area contributed by atoms with Crippen LogP contribution >= 0.6 is 11.8 Å². The van der Waals surface area contributed by atoms with Gasteiger partial charge in [-0.2, -0.15) is 0 Å². The second kappa shape index (κ2) is 6.46. The second-order valence-corrected chi connectivity index (χ2v) is 7.08. The number of amidine groups is 1. The first-order valence-corrected chi connectivity index (χ1v) is 9.18. The Morgan fingerprint density at radius 2 is 1.81 bits per heavy atom. The summed E-state index contributed by atoms with van der Waals surface area (Å²) in [4.78, 5) is 31.6. The monoisotopic (exact) mass is 363 g/mol. The molecular weight excluding hydrogens is 346 g/mol. The van der Waals surface area contributed by atoms with E-state index in [1.807, 2.05) is 48.5 Å². The average molecular weight is 363 g/mol. The topological polar surface area (TPSA) is 61.8 Å². The third kappa shape index (κ3) is 2.72. The van der Waals surface area contributed by atoms with Gasteiger partial charge in [0.25, 0.3) is 11.8 Å². The molecule has 130 valence electrons. The fourth-order valence-corrected chi connectivity index (χ4v) is 3.98. The summed E-state index contributed by atoms with van der Waals surface area (Å²) in [6.45, 7) is 2.10. The predicted molar refractivity (Wildman–Crippen MR) is 105 cm³/mol. The van der Waals surface area contributed by atoms with Crippen molar-refractivity contribution in [3.05, 3.63) is 64.6 Å². The number of amides is 2. The summed E-state index contributed by atoms with van der Waals surface area (Å²) < 4.78 is 0. The lowest BCUT2D eigenvalue weighted by Crippen LogP contribution is -2.23. The molecule has 2 heterocycles. The number of fused-ring (bicyclic) bond motifs is 1. The SMILES string of the molecule is CCc1ccc(N=C2NC(=O)C(=C3C(=O)N(C)c4ccccc43)S2)cc1. The van der Waals surface area contributed by atoms with Crippen molar-refractivity contribution in [3.63, 3.8) is 0 Å². The van der Waals surface area contributed by atoms with Crippen LogP contribution in [0.25, 0.3) is 5.57 Å². The maximum Gasteiger partial charge on any atom is 0.264 e. The molecule has 1 saturated heterocycles. The summed E-state index contributed by atoms with van der Waals surface area (Å²) in [6, 6.07) is 15.4. The van der Waals surface area contributed by atoms with E-state index in [4.69, 9.17) is 0 Å². The van der Waals surface area contributed by atoms with Crippen molar-refractivity contribution in [1.29, 1.82) is 0 Å². The van der Waals surface area contributed by atoms with Gasteiger partial charge in [0.15, 0.2) is 5.17 Å². The molecule has 0 aromatic heterocycles. The van der Waals surface area contributed by atoms with Crippen molar-refractivity contribution >= 4 is 45.7 Å². The normalized spacial score (nSPS) is 20.7. The number of para-hydroxylation sites is 1. The minimum atomic E-state index is -0.285. The van der Waals surface area contributed by atoms with E-state index in [9.17, 15) is 9.59 Å². The molecule has 0 spiro atoms. The van der Waals surface area contributed by atoms with Crippen molar-refractivity contribution in [2.45, 2.75) is 13.3 Å². The number of hydrogen-bond acceptors (Lipinski definition) is 4. The smallest absolute Gasteiger partial charge is 0.264 e. The first-order chi connectivity index (χ1) is 12.6. The summed E-state index contributed by atoms with van der Waals surface area (Å²) in [5, 5.41) is 3.26. The Morgan fingerprint density at radius 3 is 2.54 bits per heavy atom. The van der Waals surface area contributed by atoms with Gasteiger partial charge in [-0.15, -0.1) is 0 Å². The zero-order chi connectivity index (χ0) is 18.3. The number of aliphatic imine (C=N–C) groups is 1. The molecule has 2 aliphatic rings. The Morgan fingerprint density at radius 1 is 1.08 bits per heavy atom. The van der Waals surface area contributed by atoms with Gasteiger partial charge in [-0.05, 0) is 41.9 Å². The number of benzene rings is 2. The number of thioether (sulfide) groups is 1. The van der Waals surface area contributed by atoms with Crippen molar-refractivity contribution in [2.24, 2.45) is 4.99 Å². The molecule has 0 aliphatic carbocycles. The Kier molecular flexibility index (Phi) is 4.12. The van der Waals surface area contributed by atoms with Gasteiger partial charge < -0.3 is 10.2 Å². The van der Waals surface area contributed by atoms with E-state index < -0.39 is 0 Å². The van der Waals surface area contributed by atoms with Crippen molar-refractivity contribution in [2.75, 3.05) is 11.9 Å². The van der Waals surface area contributed by atoms with E-state index in [2.05, 4.69) is 17.2 Å². The maximum absolute atomic E-state index is 12.7.